The molecule has 544 valence electrons. The van der Waals surface area contributed by atoms with E-state index in [1.807, 2.05) is 0 Å². The summed E-state index contributed by atoms with van der Waals surface area (Å²) in [7, 11) is 0. The van der Waals surface area contributed by atoms with E-state index in [0.717, 1.165) is 12.2 Å². The van der Waals surface area contributed by atoms with E-state index in [0.29, 0.717) is 51.1 Å². The Morgan fingerprint density at radius 1 is 0.379 bits per heavy atom. The molecular weight excluding hydrogens is 1280 g/mol. The largest absolute Gasteiger partial charge is 0.481 e. The molecule has 0 saturated heterocycles. The van der Waals surface area contributed by atoms with Gasteiger partial charge in [-0.1, -0.05) is 0 Å². The molecule has 0 aromatic carbocycles. The van der Waals surface area contributed by atoms with Gasteiger partial charge in [0.1, 0.15) is 55.3 Å². The normalized spacial score (nSPS) is 15.2. The number of carboxylic acids is 1. The molecule has 10 atom stereocenters. The van der Waals surface area contributed by atoms with Crippen LogP contribution in [0.3, 0.4) is 0 Å². The smallest absolute Gasteiger partial charge is 0.305 e. The van der Waals surface area contributed by atoms with Crippen LogP contribution in [0.15, 0.2) is 12.2 Å². The number of aliphatic hydroxyl groups excluding tert-OH is 10. The Kier molecular flexibility index (Phi) is 47.1. The number of nitrogens with one attached hydrogen (secondary N) is 9. The molecule has 0 fully saturated rings. The van der Waals surface area contributed by atoms with Crippen molar-refractivity contribution < 1.29 is 152 Å². The van der Waals surface area contributed by atoms with Gasteiger partial charge in [-0.25, -0.2) is 0 Å². The lowest BCUT2D eigenvalue weighted by Gasteiger charge is -2.26. The Morgan fingerprint density at radius 2 is 0.726 bits per heavy atom. The molecule has 0 aliphatic carbocycles. The molecule has 1 heterocycles. The summed E-state index contributed by atoms with van der Waals surface area (Å²) in [6.07, 6.45) is -15.2. The summed E-state index contributed by atoms with van der Waals surface area (Å²) < 4.78 is 43.4. The van der Waals surface area contributed by atoms with E-state index < -0.39 is 204 Å². The number of aliphatic hydroxyl groups is 10. The van der Waals surface area contributed by atoms with Crippen molar-refractivity contribution in [1.82, 2.24) is 52.8 Å². The zero-order valence-electron chi connectivity index (χ0n) is 52.2. The first-order valence-corrected chi connectivity index (χ1v) is 29.8. The van der Waals surface area contributed by atoms with Gasteiger partial charge in [-0.15, -0.1) is 0 Å². The molecular formula is C54H92N10O31. The fourth-order valence-corrected chi connectivity index (χ4v) is 7.31. The van der Waals surface area contributed by atoms with Crippen LogP contribution < -0.4 is 47.9 Å². The minimum absolute atomic E-state index is 0.0894. The van der Waals surface area contributed by atoms with Crippen molar-refractivity contribution in [3.63, 3.8) is 0 Å². The van der Waals surface area contributed by atoms with Crippen LogP contribution in [0.25, 0.3) is 0 Å². The average Bonchev–Trinajstić information content (AvgIpc) is 1.91. The van der Waals surface area contributed by atoms with Crippen molar-refractivity contribution in [1.29, 1.82) is 0 Å². The Hall–Kier alpha value is -7.14. The monoisotopic (exact) mass is 1380 g/mol. The lowest BCUT2D eigenvalue weighted by molar-refractivity contribution is -0.143. The average molecular weight is 1380 g/mol. The van der Waals surface area contributed by atoms with E-state index in [4.69, 9.17) is 53.2 Å². The van der Waals surface area contributed by atoms with E-state index in [1.165, 1.54) is 0 Å². The lowest BCUT2D eigenvalue weighted by atomic mass is 10.0. The van der Waals surface area contributed by atoms with E-state index in [9.17, 15) is 98.4 Å². The number of hydrogen-bond acceptors (Lipinski definition) is 30. The van der Waals surface area contributed by atoms with Crippen LogP contribution in [0.5, 0.6) is 0 Å². The maximum atomic E-state index is 13.0. The van der Waals surface area contributed by atoms with Crippen LogP contribution in [-0.4, -0.2) is 364 Å². The number of ether oxygens (including phenoxy) is 8. The minimum atomic E-state index is -2.00. The molecule has 0 aromatic rings. The first-order chi connectivity index (χ1) is 45.3. The van der Waals surface area contributed by atoms with Crippen molar-refractivity contribution in [3.05, 3.63) is 12.2 Å². The first kappa shape index (κ1) is 85.9. The van der Waals surface area contributed by atoms with Crippen LogP contribution in [0.1, 0.15) is 25.7 Å². The number of carbonyl (C=O) groups excluding carboxylic acids is 11. The summed E-state index contributed by atoms with van der Waals surface area (Å²) in [6.45, 7) is -2.49. The molecule has 95 heavy (non-hydrogen) atoms. The molecule has 41 nitrogen and oxygen atoms in total. The molecule has 0 bridgehead atoms. The summed E-state index contributed by atoms with van der Waals surface area (Å²) in [4.78, 5) is 146. The highest BCUT2D eigenvalue weighted by Crippen LogP contribution is 2.08. The number of hydrogen-bond donors (Lipinski definition) is 20. The van der Waals surface area contributed by atoms with Crippen molar-refractivity contribution in [2.24, 2.45) is 0 Å². The highest BCUT2D eigenvalue weighted by atomic mass is 16.6. The summed E-state index contributed by atoms with van der Waals surface area (Å²) >= 11 is 0. The zero-order valence-corrected chi connectivity index (χ0v) is 52.2. The van der Waals surface area contributed by atoms with Gasteiger partial charge in [-0.3, -0.25) is 62.4 Å². The highest BCUT2D eigenvalue weighted by Gasteiger charge is 2.33. The number of rotatable bonds is 58. The quantitative estimate of drug-likeness (QED) is 0.0199. The van der Waals surface area contributed by atoms with Crippen molar-refractivity contribution in [2.45, 2.75) is 86.6 Å². The molecule has 41 heteroatoms. The predicted molar refractivity (Wildman–Crippen MR) is 316 cm³/mol. The van der Waals surface area contributed by atoms with Crippen molar-refractivity contribution in [2.75, 3.05) is 171 Å². The van der Waals surface area contributed by atoms with Gasteiger partial charge in [-0.2, -0.15) is 0 Å². The summed E-state index contributed by atoms with van der Waals surface area (Å²) in [5, 5.41) is 126. The molecule has 11 amide bonds. The van der Waals surface area contributed by atoms with Gasteiger partial charge in [-0.05, 0) is 6.42 Å². The fraction of sp³-hybridized carbons (Fsp3) is 0.741. The van der Waals surface area contributed by atoms with Gasteiger partial charge in [0.2, 0.25) is 53.2 Å². The molecule has 0 saturated carbocycles. The van der Waals surface area contributed by atoms with Gasteiger partial charge in [0.05, 0.1) is 164 Å². The maximum absolute atomic E-state index is 13.0. The van der Waals surface area contributed by atoms with Crippen LogP contribution in [0, 0.1) is 0 Å². The Labute approximate surface area is 544 Å². The van der Waals surface area contributed by atoms with Gasteiger partial charge < -0.3 is 142 Å². The number of nitrogens with zero attached hydrogens (tertiary/aromatic N) is 1. The Balaban J connectivity index is 2.07. The van der Waals surface area contributed by atoms with Gasteiger partial charge in [0.25, 0.3) is 11.8 Å². The molecule has 1 aliphatic rings. The van der Waals surface area contributed by atoms with Crippen molar-refractivity contribution in [3.8, 4) is 0 Å². The second-order valence-electron chi connectivity index (χ2n) is 20.2. The SMILES string of the molecule is O=C(O)C[C@H](NC(=O)CN1C(=O)C=CC1=O)C(=O)NCC(=O)NCC(=O)NCC(=O)NCC(=O)NCCOCCOCCOCCOCCOCCOCCOCCOCCC(=O)N[C@@H](CCC(=O)NC[C@H](O)[C@@H](O)[C@H](O)[C@H](O)CO)C(=O)NC[C@H](O)[C@@H](O)[C@H](O)[C@H](O)CO. The molecule has 1 rings (SSSR count). The van der Waals surface area contributed by atoms with E-state index in [1.54, 1.807) is 0 Å². The van der Waals surface area contributed by atoms with Crippen LogP contribution in [-0.2, 0) is 95.4 Å². The third kappa shape index (κ3) is 41.4. The molecule has 0 radical (unpaired) electrons. The number of amides is 11. The van der Waals surface area contributed by atoms with Crippen LogP contribution in [0.4, 0.5) is 0 Å². The molecule has 0 unspecified atom stereocenters. The second kappa shape index (κ2) is 52.1. The Morgan fingerprint density at radius 3 is 1.14 bits per heavy atom. The standard InChI is InChI=1S/C54H92N10O31/c65-31-37(69)51(84)49(82)35(67)24-56-39(71)2-1-33(53(86)60-25-36(68)50(83)52(85)38(70)32-66)62-40(72)5-7-88-9-11-90-13-15-92-17-19-94-21-22-95-20-18-93-16-14-91-12-10-89-8-6-55-41(73)26-57-42(74)27-58-43(75)28-59-44(76)29-61-54(87)34(23-48(80)81)63-45(77)30-64-46(78)3-4-47(64)79/h3-4,33-38,49-52,65-70,82-85H,1-2,5-32H2,(H,55,73)(H,56,71)(H,57,74)(H,58,75)(H,59,76)(H,60,86)(H,61,87)(H,62,72)(H,63,77)(H,80,81)/t33-,34-,35-,36-,37+,38+,49+,50+,51+,52+/m0/s1. The summed E-state index contributed by atoms with van der Waals surface area (Å²) in [6, 6.07) is -3.10. The minimum Gasteiger partial charge on any atom is -0.481 e. The van der Waals surface area contributed by atoms with Gasteiger partial charge >= 0.3 is 5.97 Å². The fourth-order valence-electron chi connectivity index (χ4n) is 7.31. The number of carboxylic acid groups (broad SMARTS) is 1. The summed E-state index contributed by atoms with van der Waals surface area (Å²) in [5.41, 5.74) is 0. The zero-order chi connectivity index (χ0) is 70.9. The topological polar surface area (TPSA) is 613 Å². The van der Waals surface area contributed by atoms with E-state index >= 15 is 0 Å². The van der Waals surface area contributed by atoms with E-state index in [-0.39, 0.29) is 78.8 Å². The number of carbonyl (C=O) groups is 12. The van der Waals surface area contributed by atoms with E-state index in [2.05, 4.69) is 47.9 Å². The number of imide groups is 1. The molecule has 0 aromatic heterocycles. The third-order valence-electron chi connectivity index (χ3n) is 12.6. The Bertz CT molecular complexity index is 2350. The second-order valence-corrected chi connectivity index (χ2v) is 20.2. The number of aliphatic carboxylic acids is 1. The van der Waals surface area contributed by atoms with Crippen LogP contribution in [0.2, 0.25) is 0 Å². The molecule has 0 spiro atoms. The van der Waals surface area contributed by atoms with Gasteiger partial charge in [0, 0.05) is 44.6 Å². The lowest BCUT2D eigenvalue weighted by Crippen LogP contribution is -2.53. The van der Waals surface area contributed by atoms with Crippen LogP contribution >= 0.6 is 0 Å². The highest BCUT2D eigenvalue weighted by molar-refractivity contribution is 6.14. The molecule has 20 N–H and O–H groups in total. The maximum Gasteiger partial charge on any atom is 0.305 e. The van der Waals surface area contributed by atoms with Crippen molar-refractivity contribution >= 4 is 70.9 Å². The summed E-state index contributed by atoms with van der Waals surface area (Å²) in [5.74, 6) is -10.5. The molecule has 1 aliphatic heterocycles. The third-order valence-corrected chi connectivity index (χ3v) is 12.6. The first-order valence-electron chi connectivity index (χ1n) is 29.8. The van der Waals surface area contributed by atoms with Gasteiger partial charge in [0.15, 0.2) is 0 Å². The predicted octanol–water partition coefficient (Wildman–Crippen LogP) is -13.7.